The summed E-state index contributed by atoms with van der Waals surface area (Å²) in [4.78, 5) is 30.7. The summed E-state index contributed by atoms with van der Waals surface area (Å²) in [7, 11) is 1.47. The number of guanidine groups is 1. The Hall–Kier alpha value is -4.13. The molecule has 0 unspecified atom stereocenters. The number of benzene rings is 2. The van der Waals surface area contributed by atoms with Crippen LogP contribution in [0.15, 0.2) is 41.4 Å². The average molecular weight is 467 g/mol. The van der Waals surface area contributed by atoms with Gasteiger partial charge in [-0.3, -0.25) is 15.0 Å². The normalized spacial score (nSPS) is 18.1. The number of carbonyl (C=O) groups excluding carboxylic acids is 2. The minimum Gasteiger partial charge on any atom is -0.444 e. The molecule has 0 spiro atoms. The fourth-order valence-corrected chi connectivity index (χ4v) is 3.50. The number of ether oxygens (including phenoxy) is 1. The molecule has 178 valence electrons. The molecule has 1 aliphatic heterocycles. The van der Waals surface area contributed by atoms with Crippen molar-refractivity contribution in [3.8, 4) is 6.07 Å². The number of rotatable bonds is 3. The molecule has 0 fully saturated rings. The lowest BCUT2D eigenvalue weighted by Crippen LogP contribution is -2.52. The summed E-state index contributed by atoms with van der Waals surface area (Å²) in [5.74, 6) is -1.03. The topological polar surface area (TPSA) is 133 Å². The number of amides is 2. The number of aliphatic imine (C=N–C) groups is 1. The van der Waals surface area contributed by atoms with Gasteiger partial charge in [0.2, 0.25) is 11.9 Å². The number of nitriles is 1. The molecule has 2 aromatic rings. The van der Waals surface area contributed by atoms with E-state index in [4.69, 9.17) is 10.5 Å². The van der Waals surface area contributed by atoms with Crippen molar-refractivity contribution in [1.29, 1.82) is 5.26 Å². The number of hydrogen-bond donors (Lipinski definition) is 3. The van der Waals surface area contributed by atoms with Crippen molar-refractivity contribution in [3.63, 3.8) is 0 Å². The third-order valence-corrected chi connectivity index (χ3v) is 5.23. The van der Waals surface area contributed by atoms with Crippen LogP contribution in [0.4, 0.5) is 26.2 Å². The molecule has 1 aliphatic rings. The van der Waals surface area contributed by atoms with Crippen molar-refractivity contribution in [1.82, 2.24) is 10.2 Å². The second-order valence-electron chi connectivity index (χ2n) is 9.14. The van der Waals surface area contributed by atoms with Gasteiger partial charge in [0.1, 0.15) is 11.7 Å². The largest absolute Gasteiger partial charge is 0.444 e. The van der Waals surface area contributed by atoms with E-state index in [9.17, 15) is 14.9 Å². The van der Waals surface area contributed by atoms with Crippen LogP contribution >= 0.6 is 0 Å². The summed E-state index contributed by atoms with van der Waals surface area (Å²) in [6.07, 6.45) is -0.894. The maximum absolute atomic E-state index is 15.7. The van der Waals surface area contributed by atoms with Gasteiger partial charge in [0.05, 0.1) is 34.6 Å². The Bertz CT molecular complexity index is 1210. The lowest BCUT2D eigenvalue weighted by Gasteiger charge is -2.35. The molecular formula is C24H27FN6O3. The zero-order chi connectivity index (χ0) is 25.3. The van der Waals surface area contributed by atoms with Gasteiger partial charge in [0, 0.05) is 12.6 Å². The first-order valence-electron chi connectivity index (χ1n) is 10.6. The van der Waals surface area contributed by atoms with E-state index in [-0.39, 0.29) is 40.8 Å². The Morgan fingerprint density at radius 1 is 1.26 bits per heavy atom. The highest BCUT2D eigenvalue weighted by Crippen LogP contribution is 2.38. The zero-order valence-corrected chi connectivity index (χ0v) is 19.7. The standard InChI is InChI=1S/C24H27FN6O3/c1-23(2,3)34-22(33)29-21-30-24(4,12-18(32)31(21)5)15-9-7-10-16(19(15)25)28-17-11-6-8-14(13-26)20(17)27/h6-11,28H,12,27H2,1-5H3,(H,29,30,33)/t24-/m0/s1. The number of alkyl carbamates (subject to hydrolysis) is 1. The Morgan fingerprint density at radius 2 is 1.91 bits per heavy atom. The quantitative estimate of drug-likeness (QED) is 0.586. The van der Waals surface area contributed by atoms with E-state index < -0.39 is 23.1 Å². The molecule has 0 saturated carbocycles. The molecule has 1 heterocycles. The van der Waals surface area contributed by atoms with Crippen molar-refractivity contribution in [2.75, 3.05) is 18.1 Å². The van der Waals surface area contributed by atoms with Crippen LogP contribution < -0.4 is 16.4 Å². The highest BCUT2D eigenvalue weighted by Gasteiger charge is 2.40. The number of nitrogen functional groups attached to an aromatic ring is 1. The van der Waals surface area contributed by atoms with Gasteiger partial charge in [0.25, 0.3) is 0 Å². The molecule has 0 aromatic heterocycles. The van der Waals surface area contributed by atoms with E-state index >= 15 is 4.39 Å². The summed E-state index contributed by atoms with van der Waals surface area (Å²) in [5, 5.41) is 14.6. The Kier molecular flexibility index (Phi) is 6.50. The molecule has 10 heteroatoms. The number of hydrogen-bond acceptors (Lipinski definition) is 7. The van der Waals surface area contributed by atoms with Crippen molar-refractivity contribution < 1.29 is 18.7 Å². The van der Waals surface area contributed by atoms with Gasteiger partial charge < -0.3 is 15.8 Å². The SMILES string of the molecule is CN1C(=O)C[C@@](C)(c2cccc(Nc3cccc(C#N)c3N)c2F)N=C1NC(=O)OC(C)(C)C. The summed E-state index contributed by atoms with van der Waals surface area (Å²) < 4.78 is 20.9. The number of halogens is 1. The van der Waals surface area contributed by atoms with E-state index in [1.54, 1.807) is 52.0 Å². The summed E-state index contributed by atoms with van der Waals surface area (Å²) in [6, 6.07) is 11.5. The fourth-order valence-electron chi connectivity index (χ4n) is 3.50. The highest BCUT2D eigenvalue weighted by atomic mass is 19.1. The third kappa shape index (κ3) is 5.09. The third-order valence-electron chi connectivity index (χ3n) is 5.23. The molecule has 0 radical (unpaired) electrons. The number of carbonyl (C=O) groups is 2. The lowest BCUT2D eigenvalue weighted by atomic mass is 9.87. The molecule has 1 atom stereocenters. The zero-order valence-electron chi connectivity index (χ0n) is 19.7. The predicted molar refractivity (Wildman–Crippen MR) is 127 cm³/mol. The van der Waals surface area contributed by atoms with Gasteiger partial charge in [-0.25, -0.2) is 14.2 Å². The number of nitrogens with zero attached hydrogens (tertiary/aromatic N) is 3. The molecule has 4 N–H and O–H groups in total. The van der Waals surface area contributed by atoms with Crippen LogP contribution in [-0.2, 0) is 15.1 Å². The van der Waals surface area contributed by atoms with E-state index in [1.165, 1.54) is 24.1 Å². The van der Waals surface area contributed by atoms with Crippen LogP contribution in [0.5, 0.6) is 0 Å². The monoisotopic (exact) mass is 466 g/mol. The van der Waals surface area contributed by atoms with Crippen LogP contribution in [0.25, 0.3) is 0 Å². The first kappa shape index (κ1) is 24.5. The van der Waals surface area contributed by atoms with Gasteiger partial charge >= 0.3 is 6.09 Å². The maximum atomic E-state index is 15.7. The molecule has 0 aliphatic carbocycles. The minimum atomic E-state index is -1.30. The van der Waals surface area contributed by atoms with Crippen molar-refractivity contribution in [2.24, 2.45) is 4.99 Å². The second-order valence-corrected chi connectivity index (χ2v) is 9.14. The molecule has 2 amide bonds. The van der Waals surface area contributed by atoms with Gasteiger partial charge in [-0.2, -0.15) is 5.26 Å². The van der Waals surface area contributed by atoms with Crippen molar-refractivity contribution >= 4 is 35.0 Å². The minimum absolute atomic E-state index is 0.0447. The Balaban J connectivity index is 1.98. The van der Waals surface area contributed by atoms with E-state index in [0.717, 1.165) is 0 Å². The van der Waals surface area contributed by atoms with Crippen LogP contribution in [0, 0.1) is 17.1 Å². The average Bonchev–Trinajstić information content (AvgIpc) is 2.73. The van der Waals surface area contributed by atoms with E-state index in [2.05, 4.69) is 15.6 Å². The molecule has 2 aromatic carbocycles. The molecule has 0 saturated heterocycles. The van der Waals surface area contributed by atoms with Gasteiger partial charge in [0.15, 0.2) is 5.82 Å². The number of para-hydroxylation sites is 1. The highest BCUT2D eigenvalue weighted by molar-refractivity contribution is 6.05. The second kappa shape index (κ2) is 9.02. The molecule has 34 heavy (non-hydrogen) atoms. The van der Waals surface area contributed by atoms with Crippen molar-refractivity contribution in [3.05, 3.63) is 53.3 Å². The summed E-state index contributed by atoms with van der Waals surface area (Å²) >= 11 is 0. The van der Waals surface area contributed by atoms with Crippen LogP contribution in [0.2, 0.25) is 0 Å². The van der Waals surface area contributed by atoms with Crippen LogP contribution in [0.3, 0.4) is 0 Å². The van der Waals surface area contributed by atoms with E-state index in [1.807, 2.05) is 6.07 Å². The predicted octanol–water partition coefficient (Wildman–Crippen LogP) is 3.98. The van der Waals surface area contributed by atoms with Crippen LogP contribution in [-0.4, -0.2) is 35.5 Å². The van der Waals surface area contributed by atoms with Gasteiger partial charge in [-0.1, -0.05) is 18.2 Å². The number of nitrogens with one attached hydrogen (secondary N) is 2. The smallest absolute Gasteiger partial charge is 0.414 e. The molecule has 9 nitrogen and oxygen atoms in total. The number of anilines is 3. The molecule has 0 bridgehead atoms. The number of nitrogens with two attached hydrogens (primary N) is 1. The summed E-state index contributed by atoms with van der Waals surface area (Å²) in [5.41, 5.74) is 5.04. The first-order chi connectivity index (χ1) is 15.8. The first-order valence-corrected chi connectivity index (χ1v) is 10.6. The summed E-state index contributed by atoms with van der Waals surface area (Å²) in [6.45, 7) is 6.74. The van der Waals surface area contributed by atoms with Crippen LogP contribution in [0.1, 0.15) is 45.2 Å². The molecule has 3 rings (SSSR count). The van der Waals surface area contributed by atoms with Gasteiger partial charge in [-0.15, -0.1) is 0 Å². The Morgan fingerprint density at radius 3 is 2.56 bits per heavy atom. The van der Waals surface area contributed by atoms with Crippen molar-refractivity contribution in [2.45, 2.75) is 45.3 Å². The molecular weight excluding hydrogens is 439 g/mol. The fraction of sp³-hybridized carbons (Fsp3) is 0.333. The lowest BCUT2D eigenvalue weighted by molar-refractivity contribution is -0.128. The van der Waals surface area contributed by atoms with E-state index in [0.29, 0.717) is 5.69 Å². The maximum Gasteiger partial charge on any atom is 0.414 e. The Labute approximate surface area is 197 Å². The van der Waals surface area contributed by atoms with Gasteiger partial charge in [-0.05, 0) is 45.9 Å².